The van der Waals surface area contributed by atoms with E-state index in [0.717, 1.165) is 57.5 Å². The zero-order chi connectivity index (χ0) is 24.9. The highest BCUT2D eigenvalue weighted by molar-refractivity contribution is 5.89. The van der Waals surface area contributed by atoms with Crippen LogP contribution >= 0.6 is 0 Å². The van der Waals surface area contributed by atoms with Gasteiger partial charge in [0.1, 0.15) is 0 Å². The first-order chi connectivity index (χ1) is 15.6. The molecule has 1 aromatic carbocycles. The Hall–Kier alpha value is -2.29. The Morgan fingerprint density at radius 2 is 1.73 bits per heavy atom. The highest BCUT2D eigenvalue weighted by Crippen LogP contribution is 2.30. The molecular formula is C24H39F3N4O2. The third-order valence-electron chi connectivity index (χ3n) is 5.53. The van der Waals surface area contributed by atoms with E-state index in [0.29, 0.717) is 6.54 Å². The van der Waals surface area contributed by atoms with Crippen molar-refractivity contribution in [3.05, 3.63) is 29.8 Å². The summed E-state index contributed by atoms with van der Waals surface area (Å²) in [7, 11) is 0. The van der Waals surface area contributed by atoms with E-state index in [1.807, 2.05) is 13.8 Å². The molecule has 0 aliphatic heterocycles. The summed E-state index contributed by atoms with van der Waals surface area (Å²) < 4.78 is 38.8. The van der Waals surface area contributed by atoms with E-state index in [2.05, 4.69) is 29.4 Å². The first-order valence-corrected chi connectivity index (χ1v) is 11.9. The molecule has 0 aliphatic carbocycles. The summed E-state index contributed by atoms with van der Waals surface area (Å²) in [4.78, 5) is 28.9. The Kier molecular flexibility index (Phi) is 12.9. The van der Waals surface area contributed by atoms with E-state index in [4.69, 9.17) is 0 Å². The van der Waals surface area contributed by atoms with Crippen molar-refractivity contribution in [3.8, 4) is 0 Å². The van der Waals surface area contributed by atoms with Crippen LogP contribution in [-0.2, 0) is 11.0 Å². The number of urea groups is 1. The van der Waals surface area contributed by atoms with Crippen molar-refractivity contribution < 1.29 is 22.8 Å². The largest absolute Gasteiger partial charge is 0.416 e. The molecule has 1 atom stereocenters. The van der Waals surface area contributed by atoms with E-state index in [1.54, 1.807) is 0 Å². The third-order valence-corrected chi connectivity index (χ3v) is 5.53. The SMILES string of the molecule is CCCCN(CCC(=O)NC(C)CCCN(CC)CC)C(=O)Nc1cccc(C(F)(F)F)c1. The molecule has 0 radical (unpaired) electrons. The molecule has 0 aliphatic rings. The molecule has 0 saturated carbocycles. The van der Waals surface area contributed by atoms with Gasteiger partial charge >= 0.3 is 12.2 Å². The predicted octanol–water partition coefficient (Wildman–Crippen LogP) is 5.36. The highest BCUT2D eigenvalue weighted by Gasteiger charge is 2.30. The molecule has 0 fully saturated rings. The Morgan fingerprint density at radius 1 is 1.03 bits per heavy atom. The number of amides is 3. The zero-order valence-electron chi connectivity index (χ0n) is 20.3. The van der Waals surface area contributed by atoms with Crippen molar-refractivity contribution >= 4 is 17.6 Å². The highest BCUT2D eigenvalue weighted by atomic mass is 19.4. The number of hydrogen-bond acceptors (Lipinski definition) is 3. The minimum Gasteiger partial charge on any atom is -0.354 e. The molecular weight excluding hydrogens is 433 g/mol. The second-order valence-corrected chi connectivity index (χ2v) is 8.24. The van der Waals surface area contributed by atoms with Crippen molar-refractivity contribution in [3.63, 3.8) is 0 Å². The van der Waals surface area contributed by atoms with Crippen LogP contribution in [0.2, 0.25) is 0 Å². The maximum atomic E-state index is 12.9. The fourth-order valence-corrected chi connectivity index (χ4v) is 3.46. The minimum atomic E-state index is -4.48. The zero-order valence-corrected chi connectivity index (χ0v) is 20.3. The number of rotatable bonds is 14. The van der Waals surface area contributed by atoms with E-state index in [1.165, 1.54) is 17.0 Å². The molecule has 9 heteroatoms. The summed E-state index contributed by atoms with van der Waals surface area (Å²) in [6.07, 6.45) is -0.894. The van der Waals surface area contributed by atoms with Crippen LogP contribution in [-0.4, -0.2) is 60.5 Å². The maximum absolute atomic E-state index is 12.9. The number of alkyl halides is 3. The van der Waals surface area contributed by atoms with Crippen LogP contribution in [0.4, 0.5) is 23.7 Å². The fourth-order valence-electron chi connectivity index (χ4n) is 3.46. The lowest BCUT2D eigenvalue weighted by Crippen LogP contribution is -2.40. The lowest BCUT2D eigenvalue weighted by atomic mass is 10.1. The van der Waals surface area contributed by atoms with Gasteiger partial charge in [0.05, 0.1) is 5.56 Å². The molecule has 1 rings (SSSR count). The number of halogens is 3. The number of benzene rings is 1. The fraction of sp³-hybridized carbons (Fsp3) is 0.667. The van der Waals surface area contributed by atoms with Crippen LogP contribution in [0.25, 0.3) is 0 Å². The van der Waals surface area contributed by atoms with Gasteiger partial charge in [0.25, 0.3) is 0 Å². The average Bonchev–Trinajstić information content (AvgIpc) is 2.76. The third kappa shape index (κ3) is 11.4. The lowest BCUT2D eigenvalue weighted by Gasteiger charge is -2.24. The Labute approximate surface area is 195 Å². The number of carbonyl (C=O) groups excluding carboxylic acids is 2. The van der Waals surface area contributed by atoms with Crippen molar-refractivity contribution in [2.24, 2.45) is 0 Å². The molecule has 0 saturated heterocycles. The number of carbonyl (C=O) groups is 2. The summed E-state index contributed by atoms with van der Waals surface area (Å²) in [5.74, 6) is -0.140. The van der Waals surface area contributed by atoms with Gasteiger partial charge in [-0.3, -0.25) is 4.79 Å². The first kappa shape index (κ1) is 28.7. The second-order valence-electron chi connectivity index (χ2n) is 8.24. The van der Waals surface area contributed by atoms with Gasteiger partial charge in [0.2, 0.25) is 5.91 Å². The van der Waals surface area contributed by atoms with Gasteiger partial charge in [-0.2, -0.15) is 13.2 Å². The molecule has 0 bridgehead atoms. The topological polar surface area (TPSA) is 64.7 Å². The first-order valence-electron chi connectivity index (χ1n) is 11.9. The molecule has 33 heavy (non-hydrogen) atoms. The number of hydrogen-bond donors (Lipinski definition) is 2. The van der Waals surface area contributed by atoms with Crippen LogP contribution in [0.3, 0.4) is 0 Å². The maximum Gasteiger partial charge on any atom is 0.416 e. The van der Waals surface area contributed by atoms with Gasteiger partial charge in [-0.05, 0) is 64.0 Å². The van der Waals surface area contributed by atoms with Gasteiger partial charge in [0, 0.05) is 31.2 Å². The molecule has 2 N–H and O–H groups in total. The van der Waals surface area contributed by atoms with Crippen molar-refractivity contribution in [1.82, 2.24) is 15.1 Å². The van der Waals surface area contributed by atoms with Gasteiger partial charge in [-0.25, -0.2) is 4.79 Å². The number of nitrogens with zero attached hydrogens (tertiary/aromatic N) is 2. The molecule has 0 heterocycles. The summed E-state index contributed by atoms with van der Waals surface area (Å²) in [5, 5.41) is 5.50. The number of anilines is 1. The van der Waals surface area contributed by atoms with Crippen LogP contribution in [0.15, 0.2) is 24.3 Å². The van der Waals surface area contributed by atoms with E-state index < -0.39 is 17.8 Å². The van der Waals surface area contributed by atoms with E-state index in [9.17, 15) is 22.8 Å². The monoisotopic (exact) mass is 472 g/mol. The summed E-state index contributed by atoms with van der Waals surface area (Å²) in [6, 6.07) is 4.06. The molecule has 1 aromatic rings. The number of unbranched alkanes of at least 4 members (excludes halogenated alkanes) is 1. The number of nitrogens with one attached hydrogen (secondary N) is 2. The summed E-state index contributed by atoms with van der Waals surface area (Å²) in [5.41, 5.74) is -0.752. The minimum absolute atomic E-state index is 0.0380. The van der Waals surface area contributed by atoms with Crippen molar-refractivity contribution in [2.45, 2.75) is 72.0 Å². The Morgan fingerprint density at radius 3 is 2.33 bits per heavy atom. The van der Waals surface area contributed by atoms with Gasteiger partial charge in [0.15, 0.2) is 0 Å². The van der Waals surface area contributed by atoms with Crippen LogP contribution in [0.1, 0.15) is 65.4 Å². The molecule has 1 unspecified atom stereocenters. The Balaban J connectivity index is 2.58. The predicted molar refractivity (Wildman–Crippen MR) is 126 cm³/mol. The Bertz CT molecular complexity index is 724. The van der Waals surface area contributed by atoms with Crippen molar-refractivity contribution in [2.75, 3.05) is 38.0 Å². The molecule has 0 spiro atoms. The quantitative estimate of drug-likeness (QED) is 0.383. The average molecular weight is 473 g/mol. The molecule has 3 amide bonds. The van der Waals surface area contributed by atoms with Crippen LogP contribution in [0.5, 0.6) is 0 Å². The van der Waals surface area contributed by atoms with E-state index in [-0.39, 0.29) is 30.6 Å². The van der Waals surface area contributed by atoms with Gasteiger partial charge < -0.3 is 20.4 Å². The van der Waals surface area contributed by atoms with Crippen molar-refractivity contribution in [1.29, 1.82) is 0 Å². The second kappa shape index (κ2) is 14.8. The lowest BCUT2D eigenvalue weighted by molar-refractivity contribution is -0.137. The molecule has 188 valence electrons. The molecule has 0 aromatic heterocycles. The summed E-state index contributed by atoms with van der Waals surface area (Å²) >= 11 is 0. The van der Waals surface area contributed by atoms with E-state index >= 15 is 0 Å². The normalized spacial score (nSPS) is 12.5. The van der Waals surface area contributed by atoms with Crippen LogP contribution < -0.4 is 10.6 Å². The van der Waals surface area contributed by atoms with Gasteiger partial charge in [-0.15, -0.1) is 0 Å². The molecule has 6 nitrogen and oxygen atoms in total. The van der Waals surface area contributed by atoms with Gasteiger partial charge in [-0.1, -0.05) is 33.3 Å². The van der Waals surface area contributed by atoms with Crippen LogP contribution in [0, 0.1) is 0 Å². The smallest absolute Gasteiger partial charge is 0.354 e. The standard InChI is InChI=1S/C24H39F3N4O2/c1-5-8-16-31(23(33)29-21-13-9-12-20(18-21)24(25,26)27)17-14-22(32)28-19(4)11-10-15-30(6-2)7-3/h9,12-13,18-19H,5-8,10-11,14-17H2,1-4H3,(H,28,32)(H,29,33). The summed E-state index contributed by atoms with van der Waals surface area (Å²) in [6.45, 7) is 11.8.